The Bertz CT molecular complexity index is 286. The topological polar surface area (TPSA) is 38.9 Å². The van der Waals surface area contributed by atoms with Crippen LogP contribution in [0.5, 0.6) is 0 Å². The van der Waals surface area contributed by atoms with Gasteiger partial charge >= 0.3 is 0 Å². The van der Waals surface area contributed by atoms with Gasteiger partial charge in [-0.1, -0.05) is 19.0 Å². The molecule has 0 aliphatic heterocycles. The normalized spacial score (nSPS) is 8.91. The van der Waals surface area contributed by atoms with Gasteiger partial charge in [-0.3, -0.25) is 4.98 Å². The summed E-state index contributed by atoms with van der Waals surface area (Å²) in [5, 5.41) is 4.58. The number of fused-ring (bicyclic) bond motifs is 1. The summed E-state index contributed by atoms with van der Waals surface area (Å²) in [5.41, 5.74) is 0.734. The zero-order valence-corrected chi connectivity index (χ0v) is 6.61. The summed E-state index contributed by atoms with van der Waals surface area (Å²) in [6.45, 7) is 4.00. The molecule has 0 fully saturated rings. The van der Waals surface area contributed by atoms with E-state index in [0.29, 0.717) is 0 Å². The van der Waals surface area contributed by atoms with Crippen molar-refractivity contribution in [2.75, 3.05) is 0 Å². The molecular weight excluding hydrogens is 140 g/mol. The van der Waals surface area contributed by atoms with Gasteiger partial charge in [0.2, 0.25) is 0 Å². The number of pyridine rings is 1. The minimum Gasteiger partial charge on any atom is -0.355 e. The molecule has 3 heteroatoms. The summed E-state index contributed by atoms with van der Waals surface area (Å²) < 4.78 is 4.81. The van der Waals surface area contributed by atoms with Crippen LogP contribution in [0.3, 0.4) is 0 Å². The average molecular weight is 150 g/mol. The first-order valence-corrected chi connectivity index (χ1v) is 3.61. The van der Waals surface area contributed by atoms with Gasteiger partial charge in [-0.15, -0.1) is 0 Å². The van der Waals surface area contributed by atoms with Crippen molar-refractivity contribution in [3.8, 4) is 0 Å². The Balaban J connectivity index is 0.000000281. The quantitative estimate of drug-likeness (QED) is 0.578. The third-order valence-electron chi connectivity index (χ3n) is 1.16. The molecule has 11 heavy (non-hydrogen) atoms. The van der Waals surface area contributed by atoms with Gasteiger partial charge in [0.15, 0.2) is 5.58 Å². The van der Waals surface area contributed by atoms with Crippen LogP contribution >= 0.6 is 0 Å². The first-order valence-electron chi connectivity index (χ1n) is 3.61. The minimum atomic E-state index is 0.734. The average Bonchev–Trinajstić information content (AvgIpc) is 2.55. The molecule has 58 valence electrons. The molecule has 0 aromatic carbocycles. The van der Waals surface area contributed by atoms with E-state index in [1.165, 1.54) is 0 Å². The minimum absolute atomic E-state index is 0.734. The van der Waals surface area contributed by atoms with Crippen LogP contribution in [0.1, 0.15) is 13.8 Å². The van der Waals surface area contributed by atoms with Crippen LogP contribution in [0.15, 0.2) is 29.2 Å². The van der Waals surface area contributed by atoms with E-state index in [0.717, 1.165) is 11.0 Å². The lowest BCUT2D eigenvalue weighted by atomic mass is 10.4. The second-order valence-corrected chi connectivity index (χ2v) is 1.74. The second-order valence-electron chi connectivity index (χ2n) is 1.74. The van der Waals surface area contributed by atoms with E-state index in [-0.39, 0.29) is 0 Å². The first-order chi connectivity index (χ1) is 5.47. The van der Waals surface area contributed by atoms with Gasteiger partial charge < -0.3 is 4.52 Å². The van der Waals surface area contributed by atoms with E-state index >= 15 is 0 Å². The van der Waals surface area contributed by atoms with Crippen LogP contribution in [-0.2, 0) is 0 Å². The molecule has 2 rings (SSSR count). The molecule has 2 heterocycles. The lowest BCUT2D eigenvalue weighted by Gasteiger charge is -1.78. The summed E-state index contributed by atoms with van der Waals surface area (Å²) in [6.07, 6.45) is 5.01. The van der Waals surface area contributed by atoms with Crippen molar-refractivity contribution >= 4 is 11.0 Å². The Kier molecular flexibility index (Phi) is 2.60. The van der Waals surface area contributed by atoms with Crippen molar-refractivity contribution in [2.45, 2.75) is 13.8 Å². The standard InChI is InChI=1S/C6H4N2O.C2H6/c1-2-7-4-6-5(1)3-8-9-6;1-2/h1-4H;1-2H3. The van der Waals surface area contributed by atoms with E-state index in [9.17, 15) is 0 Å². The van der Waals surface area contributed by atoms with Crippen LogP contribution in [-0.4, -0.2) is 10.1 Å². The van der Waals surface area contributed by atoms with Crippen LogP contribution < -0.4 is 0 Å². The number of hydrogen-bond donors (Lipinski definition) is 0. The molecular formula is C8H10N2O. The zero-order valence-electron chi connectivity index (χ0n) is 6.61. The van der Waals surface area contributed by atoms with Gasteiger partial charge in [0, 0.05) is 11.6 Å². The van der Waals surface area contributed by atoms with Crippen molar-refractivity contribution < 1.29 is 4.52 Å². The predicted molar refractivity (Wildman–Crippen MR) is 43.2 cm³/mol. The summed E-state index contributed by atoms with van der Waals surface area (Å²) in [4.78, 5) is 3.85. The number of nitrogens with zero attached hydrogens (tertiary/aromatic N) is 2. The molecule has 0 saturated heterocycles. The SMILES string of the molecule is CC.c1cc2cnoc2cn1. The molecule has 2 aromatic rings. The van der Waals surface area contributed by atoms with E-state index in [2.05, 4.69) is 10.1 Å². The highest BCUT2D eigenvalue weighted by Gasteiger charge is 1.92. The highest BCUT2D eigenvalue weighted by molar-refractivity contribution is 5.73. The van der Waals surface area contributed by atoms with E-state index < -0.39 is 0 Å². The monoisotopic (exact) mass is 150 g/mol. The van der Waals surface area contributed by atoms with Crippen molar-refractivity contribution in [3.05, 3.63) is 24.7 Å². The molecule has 0 saturated carbocycles. The van der Waals surface area contributed by atoms with Crippen molar-refractivity contribution in [3.63, 3.8) is 0 Å². The Morgan fingerprint density at radius 2 is 2.09 bits per heavy atom. The van der Waals surface area contributed by atoms with Gasteiger partial charge in [0.1, 0.15) is 0 Å². The van der Waals surface area contributed by atoms with Crippen molar-refractivity contribution in [1.29, 1.82) is 0 Å². The zero-order chi connectivity index (χ0) is 8.10. The van der Waals surface area contributed by atoms with Crippen LogP contribution in [0.25, 0.3) is 11.0 Å². The van der Waals surface area contributed by atoms with Gasteiger partial charge in [0.25, 0.3) is 0 Å². The lowest BCUT2D eigenvalue weighted by Crippen LogP contribution is -1.65. The molecule has 0 aliphatic carbocycles. The summed E-state index contributed by atoms with van der Waals surface area (Å²) >= 11 is 0. The third kappa shape index (κ3) is 1.55. The molecule has 0 bridgehead atoms. The van der Waals surface area contributed by atoms with Crippen LogP contribution in [0.2, 0.25) is 0 Å². The number of hydrogen-bond acceptors (Lipinski definition) is 3. The summed E-state index contributed by atoms with van der Waals surface area (Å²) in [6, 6.07) is 1.85. The Morgan fingerprint density at radius 3 is 2.82 bits per heavy atom. The van der Waals surface area contributed by atoms with E-state index in [4.69, 9.17) is 4.52 Å². The fraction of sp³-hybridized carbons (Fsp3) is 0.250. The smallest absolute Gasteiger partial charge is 0.185 e. The summed E-state index contributed by atoms with van der Waals surface area (Å²) in [7, 11) is 0. The molecule has 0 unspecified atom stereocenters. The van der Waals surface area contributed by atoms with Crippen molar-refractivity contribution in [2.24, 2.45) is 0 Å². The summed E-state index contributed by atoms with van der Waals surface area (Å²) in [5.74, 6) is 0. The molecule has 0 N–H and O–H groups in total. The predicted octanol–water partition coefficient (Wildman–Crippen LogP) is 2.25. The molecule has 2 aromatic heterocycles. The second kappa shape index (κ2) is 3.71. The maximum atomic E-state index is 4.81. The Hall–Kier alpha value is -1.38. The molecule has 0 spiro atoms. The molecule has 0 aliphatic rings. The molecule has 3 nitrogen and oxygen atoms in total. The third-order valence-corrected chi connectivity index (χ3v) is 1.16. The largest absolute Gasteiger partial charge is 0.355 e. The van der Waals surface area contributed by atoms with Crippen LogP contribution in [0, 0.1) is 0 Å². The highest BCUT2D eigenvalue weighted by atomic mass is 16.5. The Labute approximate surface area is 65.0 Å². The van der Waals surface area contributed by atoms with E-state index in [1.807, 2.05) is 19.9 Å². The fourth-order valence-electron chi connectivity index (χ4n) is 0.714. The fourth-order valence-corrected chi connectivity index (χ4v) is 0.714. The van der Waals surface area contributed by atoms with Crippen LogP contribution in [0.4, 0.5) is 0 Å². The first kappa shape index (κ1) is 7.72. The van der Waals surface area contributed by atoms with E-state index in [1.54, 1.807) is 18.6 Å². The van der Waals surface area contributed by atoms with Gasteiger partial charge in [-0.05, 0) is 6.07 Å². The maximum Gasteiger partial charge on any atom is 0.185 e. The van der Waals surface area contributed by atoms with Gasteiger partial charge in [-0.2, -0.15) is 0 Å². The Morgan fingerprint density at radius 1 is 1.27 bits per heavy atom. The molecule has 0 radical (unpaired) electrons. The number of aromatic nitrogens is 2. The van der Waals surface area contributed by atoms with Gasteiger partial charge in [-0.25, -0.2) is 0 Å². The number of rotatable bonds is 0. The molecule has 0 amide bonds. The van der Waals surface area contributed by atoms with Crippen molar-refractivity contribution in [1.82, 2.24) is 10.1 Å². The molecule has 0 atom stereocenters. The lowest BCUT2D eigenvalue weighted by molar-refractivity contribution is 0.455. The highest BCUT2D eigenvalue weighted by Crippen LogP contribution is 2.08. The maximum absolute atomic E-state index is 4.81. The van der Waals surface area contributed by atoms with Gasteiger partial charge in [0.05, 0.1) is 12.4 Å².